The van der Waals surface area contributed by atoms with Gasteiger partial charge in [0.25, 0.3) is 10.0 Å². The fraction of sp³-hybridized carbons (Fsp3) is 0.636. The minimum Gasteiger partial charge on any atom is -0.392 e. The number of likely N-dealkylation sites (tertiary alicyclic amines) is 1. The molecule has 0 aliphatic carbocycles. The summed E-state index contributed by atoms with van der Waals surface area (Å²) in [5.74, 6) is 0. The van der Waals surface area contributed by atoms with Gasteiger partial charge in [0.1, 0.15) is 0 Å². The van der Waals surface area contributed by atoms with Gasteiger partial charge in [0, 0.05) is 32.7 Å². The number of nitrogens with zero attached hydrogens (tertiary/aromatic N) is 3. The Balaban J connectivity index is 1.93. The average Bonchev–Trinajstić information content (AvgIpc) is 2.78. The van der Waals surface area contributed by atoms with E-state index in [2.05, 4.69) is 14.7 Å². The molecule has 0 atom stereocenters. The topological polar surface area (TPSA) is 93.2 Å². The summed E-state index contributed by atoms with van der Waals surface area (Å²) in [5, 5.41) is 4.07. The van der Waals surface area contributed by atoms with E-state index in [1.54, 1.807) is 7.05 Å². The van der Waals surface area contributed by atoms with E-state index in [0.29, 0.717) is 11.5 Å². The maximum atomic E-state index is 12.2. The van der Waals surface area contributed by atoms with Crippen molar-refractivity contribution in [3.05, 3.63) is 12.3 Å². The van der Waals surface area contributed by atoms with E-state index in [-0.39, 0.29) is 11.1 Å². The second-order valence-electron chi connectivity index (χ2n) is 4.93. The number of nitrogens with one attached hydrogen (secondary N) is 1. The van der Waals surface area contributed by atoms with Crippen molar-refractivity contribution in [2.24, 2.45) is 12.8 Å². The molecule has 7 nitrogen and oxygen atoms in total. The lowest BCUT2D eigenvalue weighted by Gasteiger charge is -2.31. The van der Waals surface area contributed by atoms with Crippen molar-refractivity contribution in [1.29, 1.82) is 0 Å². The second kappa shape index (κ2) is 6.17. The van der Waals surface area contributed by atoms with Gasteiger partial charge < -0.3 is 5.73 Å². The van der Waals surface area contributed by atoms with Crippen LogP contribution >= 0.6 is 12.2 Å². The molecule has 20 heavy (non-hydrogen) atoms. The first-order valence-corrected chi connectivity index (χ1v) is 8.28. The highest BCUT2D eigenvalue weighted by atomic mass is 32.2. The molecule has 1 aliphatic heterocycles. The van der Waals surface area contributed by atoms with Gasteiger partial charge in [-0.3, -0.25) is 9.58 Å². The number of aromatic nitrogens is 2. The van der Waals surface area contributed by atoms with Crippen LogP contribution in [0.15, 0.2) is 17.3 Å². The molecule has 1 aliphatic rings. The van der Waals surface area contributed by atoms with Crippen LogP contribution in [0.5, 0.6) is 0 Å². The number of hydrogen-bond donors (Lipinski definition) is 2. The predicted octanol–water partition coefficient (Wildman–Crippen LogP) is -0.551. The Kier molecular flexibility index (Phi) is 4.74. The lowest BCUT2D eigenvalue weighted by atomic mass is 10.1. The van der Waals surface area contributed by atoms with E-state index < -0.39 is 10.0 Å². The van der Waals surface area contributed by atoms with Gasteiger partial charge in [0.15, 0.2) is 5.03 Å². The summed E-state index contributed by atoms with van der Waals surface area (Å²) in [6.45, 7) is 2.17. The van der Waals surface area contributed by atoms with Gasteiger partial charge in [0.05, 0.1) is 11.2 Å². The normalized spacial score (nSPS) is 18.2. The molecule has 2 heterocycles. The molecule has 0 spiro atoms. The summed E-state index contributed by atoms with van der Waals surface area (Å²) in [7, 11) is -1.90. The van der Waals surface area contributed by atoms with Crippen molar-refractivity contribution < 1.29 is 8.42 Å². The number of aryl methyl sites for hydroxylation is 1. The van der Waals surface area contributed by atoms with Crippen molar-refractivity contribution >= 4 is 27.2 Å². The maximum Gasteiger partial charge on any atom is 0.257 e. The van der Waals surface area contributed by atoms with Crippen LogP contribution in [0, 0.1) is 0 Å². The van der Waals surface area contributed by atoms with Crippen molar-refractivity contribution in [2.45, 2.75) is 23.9 Å². The summed E-state index contributed by atoms with van der Waals surface area (Å²) in [5.41, 5.74) is 5.51. The molecule has 112 valence electrons. The summed E-state index contributed by atoms with van der Waals surface area (Å²) >= 11 is 4.88. The van der Waals surface area contributed by atoms with Gasteiger partial charge in [-0.05, 0) is 18.9 Å². The van der Waals surface area contributed by atoms with Crippen LogP contribution in [0.1, 0.15) is 12.8 Å². The summed E-state index contributed by atoms with van der Waals surface area (Å²) in [4.78, 5) is 2.61. The number of hydrogen-bond acceptors (Lipinski definition) is 5. The highest BCUT2D eigenvalue weighted by molar-refractivity contribution is 7.89. The number of thiocarbonyl (C=S) groups is 1. The first-order chi connectivity index (χ1) is 9.38. The van der Waals surface area contributed by atoms with Crippen LogP contribution < -0.4 is 10.5 Å². The molecule has 0 amide bonds. The highest BCUT2D eigenvalue weighted by Crippen LogP contribution is 2.14. The van der Waals surface area contributed by atoms with Crippen LogP contribution in [0.3, 0.4) is 0 Å². The van der Waals surface area contributed by atoms with E-state index in [9.17, 15) is 8.42 Å². The Morgan fingerprint density at radius 2 is 2.20 bits per heavy atom. The fourth-order valence-electron chi connectivity index (χ4n) is 2.33. The van der Waals surface area contributed by atoms with Gasteiger partial charge in [-0.15, -0.1) is 0 Å². The molecule has 0 radical (unpaired) electrons. The average molecular weight is 317 g/mol. The first kappa shape index (κ1) is 15.4. The molecular formula is C11H19N5O2S2. The molecular weight excluding hydrogens is 298 g/mol. The molecule has 1 saturated heterocycles. The SMILES string of the molecule is Cn1nccc1S(=O)(=O)NC1CCN(CC(N)=S)CC1. The number of rotatable bonds is 5. The lowest BCUT2D eigenvalue weighted by molar-refractivity contribution is 0.232. The van der Waals surface area contributed by atoms with Gasteiger partial charge in [0.2, 0.25) is 0 Å². The minimum absolute atomic E-state index is 0.0579. The molecule has 3 N–H and O–H groups in total. The summed E-state index contributed by atoms with van der Waals surface area (Å²) in [6.07, 6.45) is 2.97. The zero-order chi connectivity index (χ0) is 14.8. The number of sulfonamides is 1. The third kappa shape index (κ3) is 3.75. The van der Waals surface area contributed by atoms with Crippen LogP contribution in [-0.2, 0) is 17.1 Å². The third-order valence-electron chi connectivity index (χ3n) is 3.34. The molecule has 1 aromatic heterocycles. The van der Waals surface area contributed by atoms with Crippen molar-refractivity contribution in [3.8, 4) is 0 Å². The highest BCUT2D eigenvalue weighted by Gasteiger charge is 2.26. The largest absolute Gasteiger partial charge is 0.392 e. The molecule has 1 fully saturated rings. The van der Waals surface area contributed by atoms with Gasteiger partial charge in [-0.1, -0.05) is 12.2 Å². The van der Waals surface area contributed by atoms with E-state index in [1.807, 2.05) is 0 Å². The van der Waals surface area contributed by atoms with E-state index >= 15 is 0 Å². The Labute approximate surface area is 124 Å². The van der Waals surface area contributed by atoms with E-state index in [4.69, 9.17) is 18.0 Å². The molecule has 9 heteroatoms. The predicted molar refractivity (Wildman–Crippen MR) is 79.8 cm³/mol. The minimum atomic E-state index is -3.51. The van der Waals surface area contributed by atoms with Crippen molar-refractivity contribution in [1.82, 2.24) is 19.4 Å². The quantitative estimate of drug-likeness (QED) is 0.708. The molecule has 0 saturated carbocycles. The zero-order valence-electron chi connectivity index (χ0n) is 11.3. The van der Waals surface area contributed by atoms with E-state index in [0.717, 1.165) is 25.9 Å². The third-order valence-corrected chi connectivity index (χ3v) is 5.06. The van der Waals surface area contributed by atoms with Crippen LogP contribution in [0.25, 0.3) is 0 Å². The first-order valence-electron chi connectivity index (χ1n) is 6.39. The smallest absolute Gasteiger partial charge is 0.257 e. The number of piperidine rings is 1. The number of nitrogens with two attached hydrogens (primary N) is 1. The van der Waals surface area contributed by atoms with Crippen LogP contribution in [-0.4, -0.2) is 53.8 Å². The monoisotopic (exact) mass is 317 g/mol. The zero-order valence-corrected chi connectivity index (χ0v) is 13.0. The van der Waals surface area contributed by atoms with Gasteiger partial charge in [-0.25, -0.2) is 13.1 Å². The van der Waals surface area contributed by atoms with Crippen LogP contribution in [0.2, 0.25) is 0 Å². The Bertz CT molecular complexity index is 575. The van der Waals surface area contributed by atoms with Gasteiger partial charge >= 0.3 is 0 Å². The van der Waals surface area contributed by atoms with E-state index in [1.165, 1.54) is 16.9 Å². The van der Waals surface area contributed by atoms with Crippen molar-refractivity contribution in [2.75, 3.05) is 19.6 Å². The Hall–Kier alpha value is -1.03. The lowest BCUT2D eigenvalue weighted by Crippen LogP contribution is -2.46. The molecule has 0 unspecified atom stereocenters. The fourth-order valence-corrected chi connectivity index (χ4v) is 3.95. The van der Waals surface area contributed by atoms with Crippen molar-refractivity contribution in [3.63, 3.8) is 0 Å². The summed E-state index contributed by atoms with van der Waals surface area (Å²) in [6, 6.07) is 1.43. The van der Waals surface area contributed by atoms with Crippen LogP contribution in [0.4, 0.5) is 0 Å². The molecule has 0 aromatic carbocycles. The maximum absolute atomic E-state index is 12.2. The molecule has 2 rings (SSSR count). The Morgan fingerprint density at radius 3 is 2.70 bits per heavy atom. The standard InChI is InChI=1S/C11H19N5O2S2/c1-15-11(2-5-13-15)20(17,18)14-9-3-6-16(7-4-9)8-10(12)19/h2,5,9,14H,3-4,6-8H2,1H3,(H2,12,19). The Morgan fingerprint density at radius 1 is 1.55 bits per heavy atom. The molecule has 0 bridgehead atoms. The van der Waals surface area contributed by atoms with Gasteiger partial charge in [-0.2, -0.15) is 5.10 Å². The summed E-state index contributed by atoms with van der Waals surface area (Å²) < 4.78 is 28.5. The second-order valence-corrected chi connectivity index (χ2v) is 7.12. The molecule has 1 aromatic rings.